The maximum atomic E-state index is 12.9. The Balaban J connectivity index is 1.62. The number of rotatable bonds is 3. The summed E-state index contributed by atoms with van der Waals surface area (Å²) < 4.78 is 7.68. The van der Waals surface area contributed by atoms with Crippen LogP contribution < -0.4 is 11.1 Å². The summed E-state index contributed by atoms with van der Waals surface area (Å²) in [6, 6.07) is 10.5. The Kier molecular flexibility index (Phi) is 6.62. The Morgan fingerprint density at radius 2 is 1.85 bits per heavy atom. The van der Waals surface area contributed by atoms with E-state index in [1.165, 1.54) is 0 Å². The minimum absolute atomic E-state index is 0.103. The van der Waals surface area contributed by atoms with Crippen LogP contribution in [-0.4, -0.2) is 41.2 Å². The lowest BCUT2D eigenvalue weighted by atomic mass is 9.91. The van der Waals surface area contributed by atoms with Crippen LogP contribution in [0.3, 0.4) is 0 Å². The fraction of sp³-hybridized carbons (Fsp3) is 0.417. The van der Waals surface area contributed by atoms with Crippen LogP contribution in [0.25, 0.3) is 0 Å². The van der Waals surface area contributed by atoms with Crippen LogP contribution in [0.2, 0.25) is 0 Å². The molecule has 1 atom stereocenters. The number of anilines is 1. The van der Waals surface area contributed by atoms with E-state index in [2.05, 4.69) is 11.4 Å². The van der Waals surface area contributed by atoms with Crippen molar-refractivity contribution < 1.29 is 14.3 Å². The van der Waals surface area contributed by atoms with E-state index in [4.69, 9.17) is 15.7 Å². The first-order valence-corrected chi connectivity index (χ1v) is 11.1. The maximum Gasteiger partial charge on any atom is 0.322 e. The fourth-order valence-corrected chi connectivity index (χ4v) is 4.74. The van der Waals surface area contributed by atoms with E-state index in [1.54, 1.807) is 29.2 Å². The molecule has 0 aliphatic carbocycles. The number of amides is 3. The van der Waals surface area contributed by atoms with Gasteiger partial charge in [0, 0.05) is 43.6 Å². The highest BCUT2D eigenvalue weighted by Gasteiger charge is 2.34. The predicted octanol–water partition coefficient (Wildman–Crippen LogP) is 3.05. The standard InChI is InChI=1S/C24H26N6O3/c25-13-16-4-6-18(7-5-16)28-24(32)29-9-10-30-20(15-29)21(23(27)31)19(14-26)22(30)17-3-1-2-11-33-12-8-17/h4-7,17H,1-3,8-12,15H2,(H2,27,31)(H,28,32). The normalized spacial score (nSPS) is 18.2. The van der Waals surface area contributed by atoms with E-state index < -0.39 is 5.91 Å². The van der Waals surface area contributed by atoms with Gasteiger partial charge in [-0.05, 0) is 43.5 Å². The average Bonchev–Trinajstić information content (AvgIpc) is 3.13. The van der Waals surface area contributed by atoms with Gasteiger partial charge in [0.1, 0.15) is 6.07 Å². The highest BCUT2D eigenvalue weighted by molar-refractivity contribution is 5.98. The van der Waals surface area contributed by atoms with E-state index >= 15 is 0 Å². The number of nitriles is 2. The molecule has 3 heterocycles. The first kappa shape index (κ1) is 22.4. The Morgan fingerprint density at radius 1 is 1.06 bits per heavy atom. The third-order valence-electron chi connectivity index (χ3n) is 6.34. The number of urea groups is 1. The molecule has 3 N–H and O–H groups in total. The topological polar surface area (TPSA) is 137 Å². The zero-order chi connectivity index (χ0) is 23.4. The average molecular weight is 447 g/mol. The molecule has 1 unspecified atom stereocenters. The van der Waals surface area contributed by atoms with Crippen molar-refractivity contribution in [2.75, 3.05) is 25.1 Å². The van der Waals surface area contributed by atoms with Crippen LogP contribution in [0.4, 0.5) is 10.5 Å². The number of carbonyl (C=O) groups is 2. The number of ether oxygens (including phenoxy) is 1. The lowest BCUT2D eigenvalue weighted by Crippen LogP contribution is -2.41. The quantitative estimate of drug-likeness (QED) is 0.746. The predicted molar refractivity (Wildman–Crippen MR) is 120 cm³/mol. The number of nitrogens with zero attached hydrogens (tertiary/aromatic N) is 4. The molecule has 3 amide bonds. The van der Waals surface area contributed by atoms with Gasteiger partial charge in [0.05, 0.1) is 35.0 Å². The summed E-state index contributed by atoms with van der Waals surface area (Å²) in [5, 5.41) is 21.7. The highest BCUT2D eigenvalue weighted by Crippen LogP contribution is 2.36. The number of fused-ring (bicyclic) bond motifs is 1. The number of hydrogen-bond donors (Lipinski definition) is 2. The van der Waals surface area contributed by atoms with E-state index in [0.717, 1.165) is 38.0 Å². The van der Waals surface area contributed by atoms with Gasteiger partial charge in [-0.2, -0.15) is 10.5 Å². The van der Waals surface area contributed by atoms with E-state index in [1.807, 2.05) is 10.6 Å². The Labute approximate surface area is 192 Å². The number of primary amides is 1. The molecule has 0 radical (unpaired) electrons. The van der Waals surface area contributed by atoms with Crippen LogP contribution in [0, 0.1) is 22.7 Å². The molecule has 1 aromatic heterocycles. The lowest BCUT2D eigenvalue weighted by Gasteiger charge is -2.31. The van der Waals surface area contributed by atoms with E-state index in [-0.39, 0.29) is 24.1 Å². The molecule has 2 aliphatic rings. The largest absolute Gasteiger partial charge is 0.381 e. The van der Waals surface area contributed by atoms with Gasteiger partial charge in [-0.1, -0.05) is 6.42 Å². The minimum Gasteiger partial charge on any atom is -0.381 e. The SMILES string of the molecule is N#Cc1ccc(NC(=O)N2CCn3c(c(C(N)=O)c(C#N)c3C3CCCCOCC3)C2)cc1. The molecule has 9 heteroatoms. The molecule has 0 bridgehead atoms. The van der Waals surface area contributed by atoms with Crippen molar-refractivity contribution in [1.82, 2.24) is 9.47 Å². The summed E-state index contributed by atoms with van der Waals surface area (Å²) in [5.74, 6) is -0.552. The molecule has 4 rings (SSSR count). The smallest absolute Gasteiger partial charge is 0.322 e. The van der Waals surface area contributed by atoms with Crippen molar-refractivity contribution in [2.45, 2.75) is 44.7 Å². The Hall–Kier alpha value is -3.82. The number of carbonyl (C=O) groups excluding carboxylic acids is 2. The molecule has 0 saturated carbocycles. The van der Waals surface area contributed by atoms with Gasteiger partial charge in [-0.15, -0.1) is 0 Å². The summed E-state index contributed by atoms with van der Waals surface area (Å²) in [6.07, 6.45) is 3.65. The zero-order valence-electron chi connectivity index (χ0n) is 18.3. The minimum atomic E-state index is -0.655. The van der Waals surface area contributed by atoms with Crippen LogP contribution >= 0.6 is 0 Å². The molecule has 0 spiro atoms. The van der Waals surface area contributed by atoms with Crippen molar-refractivity contribution in [1.29, 1.82) is 10.5 Å². The van der Waals surface area contributed by atoms with Crippen molar-refractivity contribution in [3.63, 3.8) is 0 Å². The van der Waals surface area contributed by atoms with Crippen molar-refractivity contribution in [3.8, 4) is 12.1 Å². The number of hydrogen-bond acceptors (Lipinski definition) is 5. The number of aromatic nitrogens is 1. The molecule has 1 fully saturated rings. The fourth-order valence-electron chi connectivity index (χ4n) is 4.74. The van der Waals surface area contributed by atoms with Gasteiger partial charge >= 0.3 is 6.03 Å². The van der Waals surface area contributed by atoms with Crippen LogP contribution in [0.5, 0.6) is 0 Å². The van der Waals surface area contributed by atoms with Crippen LogP contribution in [0.1, 0.15) is 64.5 Å². The van der Waals surface area contributed by atoms with Gasteiger partial charge in [0.15, 0.2) is 0 Å². The molecule has 1 aromatic carbocycles. The first-order chi connectivity index (χ1) is 16.0. The summed E-state index contributed by atoms with van der Waals surface area (Å²) >= 11 is 0. The third kappa shape index (κ3) is 4.55. The third-order valence-corrected chi connectivity index (χ3v) is 6.34. The van der Waals surface area contributed by atoms with E-state index in [9.17, 15) is 14.9 Å². The van der Waals surface area contributed by atoms with Gasteiger partial charge in [0.25, 0.3) is 5.91 Å². The second-order valence-electron chi connectivity index (χ2n) is 8.34. The number of nitrogens with two attached hydrogens (primary N) is 1. The monoisotopic (exact) mass is 446 g/mol. The van der Waals surface area contributed by atoms with Crippen molar-refractivity contribution in [2.24, 2.45) is 5.73 Å². The van der Waals surface area contributed by atoms with Crippen LogP contribution in [-0.2, 0) is 17.8 Å². The summed E-state index contributed by atoms with van der Waals surface area (Å²) in [5.41, 5.74) is 8.79. The Bertz CT molecular complexity index is 1130. The molecule has 2 aliphatic heterocycles. The molecule has 170 valence electrons. The molecular formula is C24H26N6O3. The molecule has 9 nitrogen and oxygen atoms in total. The summed E-state index contributed by atoms with van der Waals surface area (Å²) in [7, 11) is 0. The molecular weight excluding hydrogens is 420 g/mol. The van der Waals surface area contributed by atoms with Crippen molar-refractivity contribution >= 4 is 17.6 Å². The van der Waals surface area contributed by atoms with Gasteiger partial charge in [0.2, 0.25) is 0 Å². The van der Waals surface area contributed by atoms with Gasteiger partial charge < -0.3 is 25.3 Å². The Morgan fingerprint density at radius 3 is 2.55 bits per heavy atom. The van der Waals surface area contributed by atoms with Gasteiger partial charge in [-0.25, -0.2) is 4.79 Å². The lowest BCUT2D eigenvalue weighted by molar-refractivity contribution is 0.0996. The van der Waals surface area contributed by atoms with Gasteiger partial charge in [-0.3, -0.25) is 4.79 Å². The maximum absolute atomic E-state index is 12.9. The molecule has 33 heavy (non-hydrogen) atoms. The summed E-state index contributed by atoms with van der Waals surface area (Å²) in [6.45, 7) is 2.45. The molecule has 2 aromatic rings. The second-order valence-corrected chi connectivity index (χ2v) is 8.34. The summed E-state index contributed by atoms with van der Waals surface area (Å²) in [4.78, 5) is 26.9. The first-order valence-electron chi connectivity index (χ1n) is 11.1. The zero-order valence-corrected chi connectivity index (χ0v) is 18.3. The number of benzene rings is 1. The highest BCUT2D eigenvalue weighted by atomic mass is 16.5. The van der Waals surface area contributed by atoms with Crippen LogP contribution in [0.15, 0.2) is 24.3 Å². The van der Waals surface area contributed by atoms with Crippen molar-refractivity contribution in [3.05, 3.63) is 52.3 Å². The second kappa shape index (κ2) is 9.76. The molecule has 1 saturated heterocycles. The van der Waals surface area contributed by atoms with E-state index in [0.29, 0.717) is 42.2 Å². The number of nitrogens with one attached hydrogen (secondary N) is 1.